The van der Waals surface area contributed by atoms with Crippen LogP contribution in [0.25, 0.3) is 0 Å². The highest BCUT2D eigenvalue weighted by molar-refractivity contribution is 4.94. The molecule has 3 rings (SSSR count). The highest BCUT2D eigenvalue weighted by Gasteiger charge is 2.40. The summed E-state index contributed by atoms with van der Waals surface area (Å²) in [7, 11) is 2.29. The molecule has 0 heterocycles. The highest BCUT2D eigenvalue weighted by Crippen LogP contribution is 2.48. The van der Waals surface area contributed by atoms with E-state index in [4.69, 9.17) is 5.73 Å². The van der Waals surface area contributed by atoms with Crippen LogP contribution < -0.4 is 5.73 Å². The van der Waals surface area contributed by atoms with E-state index in [-0.39, 0.29) is 5.54 Å². The van der Waals surface area contributed by atoms with Gasteiger partial charge in [-0.2, -0.15) is 0 Å². The van der Waals surface area contributed by atoms with Gasteiger partial charge in [-0.05, 0) is 56.9 Å². The molecule has 0 spiro atoms. The number of hydrogen-bond acceptors (Lipinski definition) is 2. The Labute approximate surface area is 106 Å². The number of nitrogens with zero attached hydrogens (tertiary/aromatic N) is 1. The number of hydrogen-bond donors (Lipinski definition) is 1. The van der Waals surface area contributed by atoms with Gasteiger partial charge in [-0.1, -0.05) is 19.3 Å². The molecule has 0 radical (unpaired) electrons. The summed E-state index contributed by atoms with van der Waals surface area (Å²) in [6, 6.07) is 0. The molecule has 17 heavy (non-hydrogen) atoms. The van der Waals surface area contributed by atoms with Crippen molar-refractivity contribution in [3.8, 4) is 0 Å². The third-order valence-corrected chi connectivity index (χ3v) is 5.61. The van der Waals surface area contributed by atoms with E-state index in [1.54, 1.807) is 0 Å². The summed E-state index contributed by atoms with van der Waals surface area (Å²) in [5.41, 5.74) is 6.61. The van der Waals surface area contributed by atoms with Crippen LogP contribution in [0, 0.1) is 17.8 Å². The first-order chi connectivity index (χ1) is 8.15. The predicted molar refractivity (Wildman–Crippen MR) is 71.8 cm³/mol. The average Bonchev–Trinajstić information content (AvgIpc) is 2.93. The lowest BCUT2D eigenvalue weighted by molar-refractivity contribution is 0.184. The van der Waals surface area contributed by atoms with Gasteiger partial charge < -0.3 is 10.6 Å². The van der Waals surface area contributed by atoms with Crippen molar-refractivity contribution in [3.63, 3.8) is 0 Å². The molecule has 2 heteroatoms. The molecular formula is C15H28N2. The third-order valence-electron chi connectivity index (χ3n) is 5.61. The quantitative estimate of drug-likeness (QED) is 0.813. The molecule has 3 unspecified atom stereocenters. The molecule has 0 aromatic carbocycles. The molecule has 0 aromatic heterocycles. The fraction of sp³-hybridized carbons (Fsp3) is 1.00. The van der Waals surface area contributed by atoms with Gasteiger partial charge >= 0.3 is 0 Å². The SMILES string of the molecule is CN(CC1CC2CCC1C2)CC1(N)CCCC1. The van der Waals surface area contributed by atoms with Crippen molar-refractivity contribution in [3.05, 3.63) is 0 Å². The number of likely N-dealkylation sites (N-methyl/N-ethyl adjacent to an activating group) is 1. The first kappa shape index (κ1) is 12.0. The average molecular weight is 236 g/mol. The van der Waals surface area contributed by atoms with Gasteiger partial charge in [0.15, 0.2) is 0 Å². The zero-order valence-corrected chi connectivity index (χ0v) is 11.3. The van der Waals surface area contributed by atoms with E-state index in [9.17, 15) is 0 Å². The Morgan fingerprint density at radius 3 is 2.53 bits per heavy atom. The van der Waals surface area contributed by atoms with Gasteiger partial charge in [-0.15, -0.1) is 0 Å². The molecule has 0 aliphatic heterocycles. The van der Waals surface area contributed by atoms with Crippen LogP contribution in [-0.2, 0) is 0 Å². The van der Waals surface area contributed by atoms with Crippen molar-refractivity contribution in [2.24, 2.45) is 23.5 Å². The molecule has 3 aliphatic rings. The fourth-order valence-electron chi connectivity index (χ4n) is 4.84. The second-order valence-corrected chi connectivity index (χ2v) is 7.20. The lowest BCUT2D eigenvalue weighted by Crippen LogP contribution is -2.48. The number of nitrogens with two attached hydrogens (primary N) is 1. The molecule has 3 aliphatic carbocycles. The second kappa shape index (κ2) is 4.55. The van der Waals surface area contributed by atoms with Gasteiger partial charge in [-0.25, -0.2) is 0 Å². The molecule has 3 saturated carbocycles. The van der Waals surface area contributed by atoms with Gasteiger partial charge in [0.2, 0.25) is 0 Å². The molecule has 2 bridgehead atoms. The van der Waals surface area contributed by atoms with Gasteiger partial charge in [0, 0.05) is 18.6 Å². The van der Waals surface area contributed by atoms with Crippen molar-refractivity contribution < 1.29 is 0 Å². The maximum absolute atomic E-state index is 6.47. The third kappa shape index (κ3) is 2.53. The molecule has 3 fully saturated rings. The Balaban J connectivity index is 1.48. The summed E-state index contributed by atoms with van der Waals surface area (Å²) in [4.78, 5) is 2.54. The van der Waals surface area contributed by atoms with Crippen LogP contribution in [-0.4, -0.2) is 30.6 Å². The Bertz CT molecular complexity index is 270. The van der Waals surface area contributed by atoms with E-state index in [0.717, 1.165) is 24.3 Å². The predicted octanol–water partition coefficient (Wildman–Crippen LogP) is 2.63. The van der Waals surface area contributed by atoms with Crippen molar-refractivity contribution in [1.29, 1.82) is 0 Å². The normalized spacial score (nSPS) is 39.4. The van der Waals surface area contributed by atoms with E-state index < -0.39 is 0 Å². The lowest BCUT2D eigenvalue weighted by atomic mass is 9.88. The Hall–Kier alpha value is -0.0800. The summed E-state index contributed by atoms with van der Waals surface area (Å²) in [6.07, 6.45) is 11.3. The highest BCUT2D eigenvalue weighted by atomic mass is 15.1. The summed E-state index contributed by atoms with van der Waals surface area (Å²) in [5, 5.41) is 0. The second-order valence-electron chi connectivity index (χ2n) is 7.20. The monoisotopic (exact) mass is 236 g/mol. The van der Waals surface area contributed by atoms with E-state index in [0.29, 0.717) is 0 Å². The van der Waals surface area contributed by atoms with Crippen LogP contribution in [0.15, 0.2) is 0 Å². The summed E-state index contributed by atoms with van der Waals surface area (Å²) >= 11 is 0. The van der Waals surface area contributed by atoms with Gasteiger partial charge in [0.1, 0.15) is 0 Å². The van der Waals surface area contributed by atoms with Gasteiger partial charge in [0.05, 0.1) is 0 Å². The maximum atomic E-state index is 6.47. The first-order valence-electron chi connectivity index (χ1n) is 7.62. The van der Waals surface area contributed by atoms with Crippen LogP contribution >= 0.6 is 0 Å². The molecular weight excluding hydrogens is 208 g/mol. The zero-order valence-electron chi connectivity index (χ0n) is 11.3. The molecule has 2 N–H and O–H groups in total. The van der Waals surface area contributed by atoms with Crippen LogP contribution in [0.2, 0.25) is 0 Å². The van der Waals surface area contributed by atoms with Crippen LogP contribution in [0.4, 0.5) is 0 Å². The number of rotatable bonds is 4. The summed E-state index contributed by atoms with van der Waals surface area (Å²) < 4.78 is 0. The Morgan fingerprint density at radius 2 is 1.94 bits per heavy atom. The smallest absolute Gasteiger partial charge is 0.0283 e. The largest absolute Gasteiger partial charge is 0.324 e. The van der Waals surface area contributed by atoms with Crippen molar-refractivity contribution in [2.45, 2.75) is 56.9 Å². The minimum absolute atomic E-state index is 0.145. The summed E-state index contributed by atoms with van der Waals surface area (Å²) in [5.74, 6) is 3.13. The Kier molecular flexibility index (Phi) is 3.20. The van der Waals surface area contributed by atoms with Crippen molar-refractivity contribution in [2.75, 3.05) is 20.1 Å². The molecule has 98 valence electrons. The van der Waals surface area contributed by atoms with E-state index in [2.05, 4.69) is 11.9 Å². The van der Waals surface area contributed by atoms with Crippen molar-refractivity contribution >= 4 is 0 Å². The molecule has 3 atom stereocenters. The zero-order chi connectivity index (χ0) is 11.9. The van der Waals surface area contributed by atoms with Crippen LogP contribution in [0.5, 0.6) is 0 Å². The summed E-state index contributed by atoms with van der Waals surface area (Å²) in [6.45, 7) is 2.43. The minimum atomic E-state index is 0.145. The molecule has 0 saturated heterocycles. The molecule has 0 amide bonds. The van der Waals surface area contributed by atoms with E-state index in [1.807, 2.05) is 0 Å². The van der Waals surface area contributed by atoms with E-state index in [1.165, 1.54) is 57.9 Å². The maximum Gasteiger partial charge on any atom is 0.0283 e. The van der Waals surface area contributed by atoms with E-state index >= 15 is 0 Å². The molecule has 0 aromatic rings. The van der Waals surface area contributed by atoms with Crippen LogP contribution in [0.3, 0.4) is 0 Å². The van der Waals surface area contributed by atoms with Gasteiger partial charge in [0.25, 0.3) is 0 Å². The standard InChI is InChI=1S/C15H28N2/c1-17(11-15(16)6-2-3-7-15)10-14-9-12-4-5-13(14)8-12/h12-14H,2-11,16H2,1H3. The minimum Gasteiger partial charge on any atom is -0.324 e. The molecule has 2 nitrogen and oxygen atoms in total. The Morgan fingerprint density at radius 1 is 1.18 bits per heavy atom. The topological polar surface area (TPSA) is 29.3 Å². The van der Waals surface area contributed by atoms with Gasteiger partial charge in [-0.3, -0.25) is 0 Å². The lowest BCUT2D eigenvalue weighted by Gasteiger charge is -2.33. The van der Waals surface area contributed by atoms with Crippen LogP contribution in [0.1, 0.15) is 51.4 Å². The first-order valence-corrected chi connectivity index (χ1v) is 7.62. The van der Waals surface area contributed by atoms with Crippen molar-refractivity contribution in [1.82, 2.24) is 4.90 Å². The fourth-order valence-corrected chi connectivity index (χ4v) is 4.84. The number of fused-ring (bicyclic) bond motifs is 2.